The van der Waals surface area contributed by atoms with Gasteiger partial charge in [0.25, 0.3) is 0 Å². The van der Waals surface area contributed by atoms with Crippen LogP contribution in [0.2, 0.25) is 0 Å². The van der Waals surface area contributed by atoms with E-state index in [0.717, 1.165) is 5.75 Å². The lowest BCUT2D eigenvalue weighted by Crippen LogP contribution is -2.06. The number of aromatic carboxylic acids is 1. The minimum absolute atomic E-state index is 0.161. The lowest BCUT2D eigenvalue weighted by atomic mass is 10.0. The molecule has 5 heteroatoms. The summed E-state index contributed by atoms with van der Waals surface area (Å²) in [6.45, 7) is 0. The van der Waals surface area contributed by atoms with E-state index in [1.807, 2.05) is 6.26 Å². The Kier molecular flexibility index (Phi) is 3.81. The predicted molar refractivity (Wildman–Crippen MR) is 70.7 cm³/mol. The molecule has 18 heavy (non-hydrogen) atoms. The standard InChI is InChI=1S/C13H12FNO2S/c1-18-5-4-8-7-15-11-3-2-9(14)6-10(11)12(8)13(16)17/h2-3,6-7H,4-5H2,1H3,(H,16,17). The third-order valence-corrected chi connectivity index (χ3v) is 3.31. The van der Waals surface area contributed by atoms with Crippen LogP contribution in [0.1, 0.15) is 15.9 Å². The fourth-order valence-electron chi connectivity index (χ4n) is 1.86. The number of aryl methyl sites for hydroxylation is 1. The summed E-state index contributed by atoms with van der Waals surface area (Å²) < 4.78 is 13.2. The largest absolute Gasteiger partial charge is 0.478 e. The number of nitrogens with zero attached hydrogens (tertiary/aromatic N) is 1. The fourth-order valence-corrected chi connectivity index (χ4v) is 2.28. The van der Waals surface area contributed by atoms with Gasteiger partial charge in [-0.1, -0.05) is 0 Å². The molecule has 0 fully saturated rings. The van der Waals surface area contributed by atoms with Crippen LogP contribution < -0.4 is 0 Å². The van der Waals surface area contributed by atoms with Crippen molar-refractivity contribution in [1.82, 2.24) is 4.98 Å². The molecule has 0 amide bonds. The number of carbonyl (C=O) groups is 1. The van der Waals surface area contributed by atoms with Crippen LogP contribution in [0, 0.1) is 5.82 Å². The monoisotopic (exact) mass is 265 g/mol. The second kappa shape index (κ2) is 5.35. The molecule has 1 heterocycles. The molecule has 94 valence electrons. The molecular formula is C13H12FNO2S. The molecule has 1 N–H and O–H groups in total. The number of halogens is 1. The Morgan fingerprint density at radius 2 is 2.28 bits per heavy atom. The lowest BCUT2D eigenvalue weighted by Gasteiger charge is -2.08. The Morgan fingerprint density at radius 3 is 2.94 bits per heavy atom. The van der Waals surface area contributed by atoms with Crippen molar-refractivity contribution in [2.45, 2.75) is 6.42 Å². The topological polar surface area (TPSA) is 50.2 Å². The maximum atomic E-state index is 13.2. The average Bonchev–Trinajstić information content (AvgIpc) is 2.34. The molecule has 0 aliphatic rings. The minimum Gasteiger partial charge on any atom is -0.478 e. The first-order chi connectivity index (χ1) is 8.63. The zero-order chi connectivity index (χ0) is 13.1. The Hall–Kier alpha value is -1.62. The van der Waals surface area contributed by atoms with Gasteiger partial charge in [-0.3, -0.25) is 4.98 Å². The minimum atomic E-state index is -1.04. The lowest BCUT2D eigenvalue weighted by molar-refractivity contribution is 0.0698. The maximum absolute atomic E-state index is 13.2. The van der Waals surface area contributed by atoms with Crippen molar-refractivity contribution in [3.8, 4) is 0 Å². The van der Waals surface area contributed by atoms with E-state index in [9.17, 15) is 14.3 Å². The van der Waals surface area contributed by atoms with E-state index in [1.165, 1.54) is 18.2 Å². The van der Waals surface area contributed by atoms with Gasteiger partial charge < -0.3 is 5.11 Å². The van der Waals surface area contributed by atoms with Gasteiger partial charge in [0.1, 0.15) is 5.82 Å². The van der Waals surface area contributed by atoms with Crippen LogP contribution in [0.15, 0.2) is 24.4 Å². The van der Waals surface area contributed by atoms with Crippen molar-refractivity contribution in [3.63, 3.8) is 0 Å². The first-order valence-corrected chi connectivity index (χ1v) is 6.82. The van der Waals surface area contributed by atoms with E-state index >= 15 is 0 Å². The van der Waals surface area contributed by atoms with Crippen LogP contribution in [0.25, 0.3) is 10.9 Å². The molecule has 0 spiro atoms. The van der Waals surface area contributed by atoms with E-state index in [-0.39, 0.29) is 5.56 Å². The molecule has 1 aromatic carbocycles. The molecule has 2 rings (SSSR count). The second-order valence-corrected chi connectivity index (χ2v) is 4.85. The van der Waals surface area contributed by atoms with Crippen LogP contribution in [0.4, 0.5) is 4.39 Å². The second-order valence-electron chi connectivity index (χ2n) is 3.87. The summed E-state index contributed by atoms with van der Waals surface area (Å²) in [4.78, 5) is 15.5. The third-order valence-electron chi connectivity index (χ3n) is 2.70. The highest BCUT2D eigenvalue weighted by molar-refractivity contribution is 7.98. The number of benzene rings is 1. The van der Waals surface area contributed by atoms with E-state index in [0.29, 0.717) is 22.9 Å². The molecule has 0 radical (unpaired) electrons. The van der Waals surface area contributed by atoms with E-state index in [2.05, 4.69) is 4.98 Å². The van der Waals surface area contributed by atoms with E-state index < -0.39 is 11.8 Å². The molecule has 0 aliphatic carbocycles. The van der Waals surface area contributed by atoms with Gasteiger partial charge in [0, 0.05) is 11.6 Å². The molecule has 3 nitrogen and oxygen atoms in total. The summed E-state index contributed by atoms with van der Waals surface area (Å²) >= 11 is 1.63. The van der Waals surface area contributed by atoms with Gasteiger partial charge in [0.05, 0.1) is 11.1 Å². The Bertz CT molecular complexity index is 601. The number of thioether (sulfide) groups is 1. The van der Waals surface area contributed by atoms with Crippen LogP contribution in [0.5, 0.6) is 0 Å². The van der Waals surface area contributed by atoms with Crippen LogP contribution in [0.3, 0.4) is 0 Å². The maximum Gasteiger partial charge on any atom is 0.336 e. The van der Waals surface area contributed by atoms with Gasteiger partial charge >= 0.3 is 5.97 Å². The molecule has 0 unspecified atom stereocenters. The summed E-state index contributed by atoms with van der Waals surface area (Å²) in [5.41, 5.74) is 1.31. The summed E-state index contributed by atoms with van der Waals surface area (Å²) in [6, 6.07) is 4.01. The van der Waals surface area contributed by atoms with Gasteiger partial charge in [0.2, 0.25) is 0 Å². The van der Waals surface area contributed by atoms with Crippen molar-refractivity contribution in [2.24, 2.45) is 0 Å². The number of rotatable bonds is 4. The van der Waals surface area contributed by atoms with Gasteiger partial charge in [-0.15, -0.1) is 0 Å². The van der Waals surface area contributed by atoms with Crippen LogP contribution in [-0.2, 0) is 6.42 Å². The molecule has 0 aliphatic heterocycles. The van der Waals surface area contributed by atoms with Crippen molar-refractivity contribution >= 4 is 28.6 Å². The molecule has 0 saturated carbocycles. The van der Waals surface area contributed by atoms with E-state index in [4.69, 9.17) is 0 Å². The number of carboxylic acid groups (broad SMARTS) is 1. The number of hydrogen-bond acceptors (Lipinski definition) is 3. The SMILES string of the molecule is CSCCc1cnc2ccc(F)cc2c1C(=O)O. The molecule has 1 aromatic heterocycles. The van der Waals surface area contributed by atoms with E-state index in [1.54, 1.807) is 18.0 Å². The van der Waals surface area contributed by atoms with Gasteiger partial charge in [-0.25, -0.2) is 9.18 Å². The Labute approximate surface area is 108 Å². The van der Waals surface area contributed by atoms with Crippen molar-refractivity contribution in [1.29, 1.82) is 0 Å². The third kappa shape index (κ3) is 2.46. The highest BCUT2D eigenvalue weighted by Gasteiger charge is 2.15. The molecule has 0 bridgehead atoms. The number of carboxylic acids is 1. The van der Waals surface area contributed by atoms with Crippen molar-refractivity contribution < 1.29 is 14.3 Å². The summed E-state index contributed by atoms with van der Waals surface area (Å²) in [6.07, 6.45) is 4.14. The summed E-state index contributed by atoms with van der Waals surface area (Å²) in [5, 5.41) is 9.66. The summed E-state index contributed by atoms with van der Waals surface area (Å²) in [5.74, 6) is -0.680. The molecule has 0 saturated heterocycles. The van der Waals surface area contributed by atoms with Crippen molar-refractivity contribution in [2.75, 3.05) is 12.0 Å². The molecule has 0 atom stereocenters. The fraction of sp³-hybridized carbons (Fsp3) is 0.231. The van der Waals surface area contributed by atoms with Crippen molar-refractivity contribution in [3.05, 3.63) is 41.3 Å². The van der Waals surface area contributed by atoms with Gasteiger partial charge in [-0.2, -0.15) is 11.8 Å². The molecular weight excluding hydrogens is 253 g/mol. The summed E-state index contributed by atoms with van der Waals surface area (Å²) in [7, 11) is 0. The highest BCUT2D eigenvalue weighted by Crippen LogP contribution is 2.22. The van der Waals surface area contributed by atoms with Gasteiger partial charge in [0.15, 0.2) is 0 Å². The van der Waals surface area contributed by atoms with Crippen LogP contribution in [-0.4, -0.2) is 28.1 Å². The normalized spacial score (nSPS) is 10.8. The van der Waals surface area contributed by atoms with Gasteiger partial charge in [-0.05, 0) is 42.2 Å². The quantitative estimate of drug-likeness (QED) is 0.923. The predicted octanol–water partition coefficient (Wildman–Crippen LogP) is 2.98. The van der Waals surface area contributed by atoms with Crippen LogP contribution >= 0.6 is 11.8 Å². The smallest absolute Gasteiger partial charge is 0.336 e. The number of hydrogen-bond donors (Lipinski definition) is 1. The number of fused-ring (bicyclic) bond motifs is 1. The zero-order valence-electron chi connectivity index (χ0n) is 9.81. The first-order valence-electron chi connectivity index (χ1n) is 5.43. The highest BCUT2D eigenvalue weighted by atomic mass is 32.2. The Balaban J connectivity index is 2.65. The Morgan fingerprint density at radius 1 is 1.50 bits per heavy atom. The average molecular weight is 265 g/mol. The zero-order valence-corrected chi connectivity index (χ0v) is 10.6. The first kappa shape index (κ1) is 12.8. The number of aromatic nitrogens is 1. The molecule has 2 aromatic rings. The number of pyridine rings is 1.